The molecule has 32 heavy (non-hydrogen) atoms. The SMILES string of the molecule is CCCCCC1C=C(c2ccc(-c3ccc(-c4ccc(CCC)cc4)cc3F)cc2)CC1. The minimum absolute atomic E-state index is 0.163. The molecule has 1 aliphatic carbocycles. The van der Waals surface area contributed by atoms with Crippen LogP contribution in [0.15, 0.2) is 72.8 Å². The molecule has 1 aliphatic rings. The van der Waals surface area contributed by atoms with Crippen LogP contribution in [0.1, 0.15) is 69.9 Å². The predicted octanol–water partition coefficient (Wildman–Crippen LogP) is 9.49. The molecule has 0 spiro atoms. The molecule has 166 valence electrons. The molecule has 0 aromatic heterocycles. The Bertz CT molecular complexity index is 1040. The van der Waals surface area contributed by atoms with Gasteiger partial charge in [-0.2, -0.15) is 0 Å². The first kappa shape index (κ1) is 22.5. The van der Waals surface area contributed by atoms with E-state index < -0.39 is 0 Å². The molecule has 0 saturated heterocycles. The van der Waals surface area contributed by atoms with Crippen LogP contribution in [0.25, 0.3) is 27.8 Å². The summed E-state index contributed by atoms with van der Waals surface area (Å²) in [6, 6.07) is 22.6. The van der Waals surface area contributed by atoms with Crippen molar-refractivity contribution < 1.29 is 4.39 Å². The molecule has 0 saturated carbocycles. The molecule has 1 heteroatoms. The minimum atomic E-state index is -0.163. The number of rotatable bonds is 9. The third-order valence-electron chi connectivity index (χ3n) is 6.76. The Morgan fingerprint density at radius 2 is 1.44 bits per heavy atom. The van der Waals surface area contributed by atoms with E-state index in [4.69, 9.17) is 0 Å². The Hall–Kier alpha value is -2.67. The summed E-state index contributed by atoms with van der Waals surface area (Å²) >= 11 is 0. The first-order valence-corrected chi connectivity index (χ1v) is 12.4. The van der Waals surface area contributed by atoms with Gasteiger partial charge in [0.2, 0.25) is 0 Å². The number of unbranched alkanes of at least 4 members (excludes halogenated alkanes) is 2. The molecule has 1 unspecified atom stereocenters. The van der Waals surface area contributed by atoms with E-state index in [-0.39, 0.29) is 5.82 Å². The van der Waals surface area contributed by atoms with Crippen molar-refractivity contribution in [3.8, 4) is 22.3 Å². The van der Waals surface area contributed by atoms with Gasteiger partial charge in [0.05, 0.1) is 0 Å². The van der Waals surface area contributed by atoms with Crippen molar-refractivity contribution in [1.29, 1.82) is 0 Å². The largest absolute Gasteiger partial charge is 0.206 e. The fourth-order valence-corrected chi connectivity index (χ4v) is 4.86. The van der Waals surface area contributed by atoms with Crippen LogP contribution in [-0.2, 0) is 6.42 Å². The summed E-state index contributed by atoms with van der Waals surface area (Å²) < 4.78 is 15.0. The quantitative estimate of drug-likeness (QED) is 0.299. The van der Waals surface area contributed by atoms with E-state index in [1.54, 1.807) is 6.07 Å². The number of halogens is 1. The molecule has 0 aliphatic heterocycles. The molecule has 0 fully saturated rings. The minimum Gasteiger partial charge on any atom is -0.206 e. The average Bonchev–Trinajstić information content (AvgIpc) is 3.29. The highest BCUT2D eigenvalue weighted by molar-refractivity contribution is 5.74. The van der Waals surface area contributed by atoms with Gasteiger partial charge in [0.15, 0.2) is 0 Å². The van der Waals surface area contributed by atoms with Gasteiger partial charge < -0.3 is 0 Å². The van der Waals surface area contributed by atoms with Gasteiger partial charge in [-0.15, -0.1) is 0 Å². The first-order valence-electron chi connectivity index (χ1n) is 12.4. The maximum Gasteiger partial charge on any atom is 0.131 e. The second-order valence-electron chi connectivity index (χ2n) is 9.21. The normalized spacial score (nSPS) is 15.7. The summed E-state index contributed by atoms with van der Waals surface area (Å²) in [5.74, 6) is 0.571. The Balaban J connectivity index is 1.47. The third kappa shape index (κ3) is 5.38. The second-order valence-corrected chi connectivity index (χ2v) is 9.21. The number of hydrogen-bond acceptors (Lipinski definition) is 0. The van der Waals surface area contributed by atoms with E-state index in [9.17, 15) is 0 Å². The summed E-state index contributed by atoms with van der Waals surface area (Å²) in [6.45, 7) is 4.45. The number of hydrogen-bond donors (Lipinski definition) is 0. The molecule has 4 rings (SSSR count). The Morgan fingerprint density at radius 1 is 0.750 bits per heavy atom. The second kappa shape index (κ2) is 10.8. The zero-order valence-corrected chi connectivity index (χ0v) is 19.5. The average molecular weight is 427 g/mol. The summed E-state index contributed by atoms with van der Waals surface area (Å²) in [4.78, 5) is 0. The van der Waals surface area contributed by atoms with Gasteiger partial charge in [0.1, 0.15) is 5.82 Å². The summed E-state index contributed by atoms with van der Waals surface area (Å²) in [7, 11) is 0. The van der Waals surface area contributed by atoms with E-state index in [0.717, 1.165) is 41.9 Å². The number of benzene rings is 3. The van der Waals surface area contributed by atoms with Crippen molar-refractivity contribution in [3.05, 3.63) is 89.8 Å². The molecule has 0 amide bonds. The van der Waals surface area contributed by atoms with Crippen molar-refractivity contribution >= 4 is 5.57 Å². The molecule has 0 N–H and O–H groups in total. The van der Waals surface area contributed by atoms with Gasteiger partial charge in [-0.25, -0.2) is 4.39 Å². The zero-order chi connectivity index (χ0) is 22.3. The van der Waals surface area contributed by atoms with Crippen LogP contribution < -0.4 is 0 Å². The highest BCUT2D eigenvalue weighted by Crippen LogP contribution is 2.35. The fourth-order valence-electron chi connectivity index (χ4n) is 4.86. The van der Waals surface area contributed by atoms with E-state index in [0.29, 0.717) is 5.56 Å². The summed E-state index contributed by atoms with van der Waals surface area (Å²) in [6.07, 6.45) is 12.4. The highest BCUT2D eigenvalue weighted by atomic mass is 19.1. The Kier molecular flexibility index (Phi) is 7.58. The van der Waals surface area contributed by atoms with E-state index in [1.807, 2.05) is 12.1 Å². The molecule has 0 bridgehead atoms. The molecule has 3 aromatic rings. The summed E-state index contributed by atoms with van der Waals surface area (Å²) in [5, 5.41) is 0. The predicted molar refractivity (Wildman–Crippen MR) is 136 cm³/mol. The lowest BCUT2D eigenvalue weighted by Crippen LogP contribution is -1.90. The van der Waals surface area contributed by atoms with Crippen LogP contribution in [0.3, 0.4) is 0 Å². The zero-order valence-electron chi connectivity index (χ0n) is 19.5. The van der Waals surface area contributed by atoms with Gasteiger partial charge in [-0.3, -0.25) is 0 Å². The summed E-state index contributed by atoms with van der Waals surface area (Å²) in [5.41, 5.74) is 7.67. The van der Waals surface area contributed by atoms with Crippen molar-refractivity contribution in [1.82, 2.24) is 0 Å². The van der Waals surface area contributed by atoms with Crippen molar-refractivity contribution in [2.24, 2.45) is 5.92 Å². The first-order chi connectivity index (χ1) is 15.7. The third-order valence-corrected chi connectivity index (χ3v) is 6.76. The van der Waals surface area contributed by atoms with Crippen molar-refractivity contribution in [3.63, 3.8) is 0 Å². The Labute approximate surface area is 193 Å². The van der Waals surface area contributed by atoms with Crippen LogP contribution in [0.4, 0.5) is 4.39 Å². The van der Waals surface area contributed by atoms with E-state index in [2.05, 4.69) is 68.5 Å². The Morgan fingerprint density at radius 3 is 2.12 bits per heavy atom. The molecule has 3 aromatic carbocycles. The van der Waals surface area contributed by atoms with Crippen LogP contribution in [-0.4, -0.2) is 0 Å². The maximum atomic E-state index is 15.0. The smallest absolute Gasteiger partial charge is 0.131 e. The number of aryl methyl sites for hydroxylation is 1. The van der Waals surface area contributed by atoms with Gasteiger partial charge in [-0.1, -0.05) is 106 Å². The van der Waals surface area contributed by atoms with Crippen LogP contribution in [0.2, 0.25) is 0 Å². The van der Waals surface area contributed by atoms with E-state index >= 15 is 4.39 Å². The lowest BCUT2D eigenvalue weighted by molar-refractivity contribution is 0.532. The van der Waals surface area contributed by atoms with Gasteiger partial charge in [0.25, 0.3) is 0 Å². The molecule has 1 atom stereocenters. The van der Waals surface area contributed by atoms with Crippen LogP contribution in [0, 0.1) is 11.7 Å². The number of allylic oxidation sites excluding steroid dienone is 2. The van der Waals surface area contributed by atoms with Crippen molar-refractivity contribution in [2.75, 3.05) is 0 Å². The van der Waals surface area contributed by atoms with Crippen molar-refractivity contribution in [2.45, 2.75) is 65.2 Å². The standard InChI is InChI=1S/C31H35F/c1-3-5-6-8-24-11-14-28(21-24)26-15-17-27(18-16-26)30-20-19-29(22-31(30)32)25-12-9-23(7-4-2)10-13-25/h9-10,12-13,15-22,24H,3-8,11,14H2,1-2H3. The van der Waals surface area contributed by atoms with Gasteiger partial charge >= 0.3 is 0 Å². The van der Waals surface area contributed by atoms with Gasteiger partial charge in [-0.05, 0) is 71.1 Å². The highest BCUT2D eigenvalue weighted by Gasteiger charge is 2.17. The fraction of sp³-hybridized carbons (Fsp3) is 0.355. The molecular weight excluding hydrogens is 391 g/mol. The lowest BCUT2D eigenvalue weighted by Gasteiger charge is -2.09. The molecular formula is C31H35F. The lowest BCUT2D eigenvalue weighted by atomic mass is 9.97. The van der Waals surface area contributed by atoms with Crippen LogP contribution in [0.5, 0.6) is 0 Å². The monoisotopic (exact) mass is 426 g/mol. The topological polar surface area (TPSA) is 0 Å². The maximum absolute atomic E-state index is 15.0. The van der Waals surface area contributed by atoms with E-state index in [1.165, 1.54) is 48.8 Å². The molecule has 0 heterocycles. The van der Waals surface area contributed by atoms with Gasteiger partial charge in [0, 0.05) is 5.56 Å². The molecule has 0 nitrogen and oxygen atoms in total. The molecule has 0 radical (unpaired) electrons. The van der Waals surface area contributed by atoms with Crippen LogP contribution >= 0.6 is 0 Å².